The van der Waals surface area contributed by atoms with Crippen LogP contribution in [0.5, 0.6) is 0 Å². The Morgan fingerprint density at radius 3 is 2.89 bits per heavy atom. The fraction of sp³-hybridized carbons (Fsp3) is 0.500. The molecule has 1 aliphatic heterocycles. The second-order valence-electron chi connectivity index (χ2n) is 7.66. The van der Waals surface area contributed by atoms with Gasteiger partial charge in [-0.25, -0.2) is 9.18 Å². The number of aromatic amines is 1. The van der Waals surface area contributed by atoms with Crippen molar-refractivity contribution in [2.45, 2.75) is 31.7 Å². The first-order valence-corrected chi connectivity index (χ1v) is 9.37. The lowest BCUT2D eigenvalue weighted by Gasteiger charge is -2.24. The SMILES string of the molecule is COC(=O)C(Cc1c[nH]c2cc(F)ccc12)NC(=O)C1CC12CCNCC2. The number of carbonyl (C=O) groups excluding carboxylic acids is 2. The number of hydrogen-bond donors (Lipinski definition) is 3. The predicted molar refractivity (Wildman–Crippen MR) is 98.6 cm³/mol. The van der Waals surface area contributed by atoms with Gasteiger partial charge in [0.2, 0.25) is 5.91 Å². The molecule has 0 radical (unpaired) electrons. The molecule has 2 unspecified atom stereocenters. The third-order valence-electron chi connectivity index (χ3n) is 6.06. The van der Waals surface area contributed by atoms with Gasteiger partial charge in [0.1, 0.15) is 11.9 Å². The van der Waals surface area contributed by atoms with Gasteiger partial charge >= 0.3 is 5.97 Å². The van der Waals surface area contributed by atoms with Gasteiger partial charge in [-0.3, -0.25) is 4.79 Å². The third-order valence-corrected chi connectivity index (χ3v) is 6.06. The van der Waals surface area contributed by atoms with E-state index in [1.807, 2.05) is 0 Å². The number of fused-ring (bicyclic) bond motifs is 1. The van der Waals surface area contributed by atoms with Crippen molar-refractivity contribution in [2.24, 2.45) is 11.3 Å². The Morgan fingerprint density at radius 1 is 1.37 bits per heavy atom. The lowest BCUT2D eigenvalue weighted by Crippen LogP contribution is -2.44. The first-order valence-electron chi connectivity index (χ1n) is 9.37. The van der Waals surface area contributed by atoms with E-state index in [1.54, 1.807) is 12.3 Å². The number of carbonyl (C=O) groups is 2. The summed E-state index contributed by atoms with van der Waals surface area (Å²) in [6, 6.07) is 3.72. The molecule has 7 heteroatoms. The molecule has 4 rings (SSSR count). The van der Waals surface area contributed by atoms with Crippen molar-refractivity contribution in [3.05, 3.63) is 35.8 Å². The molecule has 2 heterocycles. The Morgan fingerprint density at radius 2 is 2.15 bits per heavy atom. The number of ether oxygens (including phenoxy) is 1. The van der Waals surface area contributed by atoms with Gasteiger partial charge in [0.15, 0.2) is 0 Å². The highest BCUT2D eigenvalue weighted by Crippen LogP contribution is 2.58. The van der Waals surface area contributed by atoms with Gasteiger partial charge < -0.3 is 20.4 Å². The number of nitrogens with one attached hydrogen (secondary N) is 3. The van der Waals surface area contributed by atoms with E-state index in [2.05, 4.69) is 15.6 Å². The maximum atomic E-state index is 13.4. The quantitative estimate of drug-likeness (QED) is 0.699. The minimum Gasteiger partial charge on any atom is -0.467 e. The topological polar surface area (TPSA) is 83.2 Å². The van der Waals surface area contributed by atoms with Crippen molar-refractivity contribution in [1.82, 2.24) is 15.6 Å². The zero-order valence-electron chi connectivity index (χ0n) is 15.3. The van der Waals surface area contributed by atoms with Crippen LogP contribution in [0, 0.1) is 17.2 Å². The number of hydrogen-bond acceptors (Lipinski definition) is 4. The van der Waals surface area contributed by atoms with Crippen molar-refractivity contribution < 1.29 is 18.7 Å². The number of methoxy groups -OCH3 is 1. The standard InChI is InChI=1S/C20H24FN3O3/c1-27-19(26)17(8-12-11-23-16-9-13(21)2-3-14(12)16)24-18(25)15-10-20(15)4-6-22-7-5-20/h2-3,9,11,15,17,22-23H,4-8,10H2,1H3,(H,24,25). The van der Waals surface area contributed by atoms with Crippen LogP contribution >= 0.6 is 0 Å². The molecule has 27 heavy (non-hydrogen) atoms. The van der Waals surface area contributed by atoms with E-state index in [9.17, 15) is 14.0 Å². The predicted octanol–water partition coefficient (Wildman–Crippen LogP) is 1.90. The van der Waals surface area contributed by atoms with Crippen LogP contribution in [0.15, 0.2) is 24.4 Å². The minimum absolute atomic E-state index is 0.0242. The summed E-state index contributed by atoms with van der Waals surface area (Å²) < 4.78 is 18.3. The zero-order chi connectivity index (χ0) is 19.0. The van der Waals surface area contributed by atoms with Gasteiger partial charge in [-0.15, -0.1) is 0 Å². The van der Waals surface area contributed by atoms with Crippen LogP contribution in [-0.4, -0.2) is 43.1 Å². The molecule has 3 N–H and O–H groups in total. The summed E-state index contributed by atoms with van der Waals surface area (Å²) in [6.07, 6.45) is 4.94. The molecule has 1 aliphatic carbocycles. The van der Waals surface area contributed by atoms with Gasteiger partial charge in [-0.2, -0.15) is 0 Å². The molecular weight excluding hydrogens is 349 g/mol. The molecule has 1 aromatic heterocycles. The molecule has 2 aromatic rings. The molecule has 2 aliphatic rings. The molecule has 1 amide bonds. The van der Waals surface area contributed by atoms with Crippen molar-refractivity contribution >= 4 is 22.8 Å². The van der Waals surface area contributed by atoms with E-state index in [0.29, 0.717) is 11.9 Å². The Bertz CT molecular complexity index is 872. The van der Waals surface area contributed by atoms with Gasteiger partial charge in [0.05, 0.1) is 7.11 Å². The van der Waals surface area contributed by atoms with Crippen molar-refractivity contribution in [2.75, 3.05) is 20.2 Å². The first kappa shape index (κ1) is 18.0. The maximum absolute atomic E-state index is 13.4. The highest BCUT2D eigenvalue weighted by atomic mass is 19.1. The number of amides is 1. The summed E-state index contributed by atoms with van der Waals surface area (Å²) in [5.74, 6) is -0.892. The van der Waals surface area contributed by atoms with Crippen LogP contribution in [0.25, 0.3) is 10.9 Å². The Hall–Kier alpha value is -2.41. The van der Waals surface area contributed by atoms with E-state index >= 15 is 0 Å². The summed E-state index contributed by atoms with van der Waals surface area (Å²) in [7, 11) is 1.32. The minimum atomic E-state index is -0.758. The second kappa shape index (κ2) is 6.96. The van der Waals surface area contributed by atoms with Crippen LogP contribution in [0.2, 0.25) is 0 Å². The molecule has 1 spiro atoms. The molecule has 1 saturated heterocycles. The van der Waals surface area contributed by atoms with Gasteiger partial charge in [0.25, 0.3) is 0 Å². The van der Waals surface area contributed by atoms with Crippen LogP contribution in [0.4, 0.5) is 4.39 Å². The number of H-pyrrole nitrogens is 1. The average molecular weight is 373 g/mol. The number of halogens is 1. The van der Waals surface area contributed by atoms with E-state index < -0.39 is 12.0 Å². The molecule has 1 aromatic carbocycles. The lowest BCUT2D eigenvalue weighted by molar-refractivity contribution is -0.145. The Labute approximate surface area is 156 Å². The highest BCUT2D eigenvalue weighted by Gasteiger charge is 2.57. The lowest BCUT2D eigenvalue weighted by atomic mass is 9.91. The van der Waals surface area contributed by atoms with Crippen molar-refractivity contribution in [3.8, 4) is 0 Å². The van der Waals surface area contributed by atoms with E-state index in [4.69, 9.17) is 4.74 Å². The molecule has 2 atom stereocenters. The number of rotatable bonds is 5. The zero-order valence-corrected chi connectivity index (χ0v) is 15.3. The number of benzene rings is 1. The molecule has 1 saturated carbocycles. The Balaban J connectivity index is 1.48. The normalized spacial score (nSPS) is 21.8. The second-order valence-corrected chi connectivity index (χ2v) is 7.66. The molecule has 144 valence electrons. The summed E-state index contributed by atoms with van der Waals surface area (Å²) in [4.78, 5) is 28.0. The van der Waals surface area contributed by atoms with Crippen LogP contribution in [0.1, 0.15) is 24.8 Å². The van der Waals surface area contributed by atoms with Crippen LogP contribution < -0.4 is 10.6 Å². The van der Waals surface area contributed by atoms with Crippen LogP contribution in [0.3, 0.4) is 0 Å². The van der Waals surface area contributed by atoms with E-state index in [1.165, 1.54) is 19.2 Å². The smallest absolute Gasteiger partial charge is 0.328 e. The number of esters is 1. The van der Waals surface area contributed by atoms with Crippen molar-refractivity contribution in [1.29, 1.82) is 0 Å². The van der Waals surface area contributed by atoms with E-state index in [-0.39, 0.29) is 23.1 Å². The maximum Gasteiger partial charge on any atom is 0.328 e. The summed E-state index contributed by atoms with van der Waals surface area (Å²) >= 11 is 0. The third kappa shape index (κ3) is 3.43. The monoisotopic (exact) mass is 373 g/mol. The fourth-order valence-electron chi connectivity index (χ4n) is 4.35. The molecule has 6 nitrogen and oxygen atoms in total. The number of aromatic nitrogens is 1. The fourth-order valence-corrected chi connectivity index (χ4v) is 4.35. The highest BCUT2D eigenvalue weighted by molar-refractivity contribution is 5.89. The van der Waals surface area contributed by atoms with Crippen LogP contribution in [-0.2, 0) is 20.7 Å². The number of piperidine rings is 1. The van der Waals surface area contributed by atoms with Gasteiger partial charge in [0, 0.05) is 29.4 Å². The summed E-state index contributed by atoms with van der Waals surface area (Å²) in [5, 5.41) is 7.05. The first-order chi connectivity index (χ1) is 13.0. The van der Waals surface area contributed by atoms with E-state index in [0.717, 1.165) is 43.3 Å². The molecule has 0 bridgehead atoms. The molecule has 2 fully saturated rings. The average Bonchev–Trinajstić information content (AvgIpc) is 3.22. The van der Waals surface area contributed by atoms with Crippen molar-refractivity contribution in [3.63, 3.8) is 0 Å². The largest absolute Gasteiger partial charge is 0.467 e. The summed E-state index contributed by atoms with van der Waals surface area (Å²) in [5.41, 5.74) is 1.61. The van der Waals surface area contributed by atoms with Gasteiger partial charge in [-0.05, 0) is 61.5 Å². The summed E-state index contributed by atoms with van der Waals surface area (Å²) in [6.45, 7) is 1.88. The molecular formula is C20H24FN3O3. The Kier molecular flexibility index (Phi) is 4.63. The van der Waals surface area contributed by atoms with Gasteiger partial charge in [-0.1, -0.05) is 0 Å².